The molecule has 32 heavy (non-hydrogen) atoms. The second-order valence-electron chi connectivity index (χ2n) is 7.62. The monoisotopic (exact) mass is 471 g/mol. The molecule has 1 aromatic carbocycles. The number of rotatable bonds is 11. The van der Waals surface area contributed by atoms with Crippen LogP contribution in [0.3, 0.4) is 0 Å². The van der Waals surface area contributed by atoms with E-state index in [1.807, 2.05) is 53.2 Å². The number of thiophene rings is 2. The van der Waals surface area contributed by atoms with E-state index < -0.39 is 5.60 Å². The molecule has 0 bridgehead atoms. The molecule has 1 N–H and O–H groups in total. The predicted octanol–water partition coefficient (Wildman–Crippen LogP) is 5.86. The Morgan fingerprint density at radius 2 is 1.75 bits per heavy atom. The molecule has 4 rings (SSSR count). The molecule has 7 heteroatoms. The van der Waals surface area contributed by atoms with Crippen molar-refractivity contribution in [1.29, 1.82) is 0 Å². The van der Waals surface area contributed by atoms with Crippen molar-refractivity contribution in [3.05, 3.63) is 104 Å². The van der Waals surface area contributed by atoms with Gasteiger partial charge >= 0.3 is 0 Å². The maximum atomic E-state index is 13.7. The summed E-state index contributed by atoms with van der Waals surface area (Å²) in [5, 5.41) is 15.7. The molecule has 3 aromatic heterocycles. The van der Waals surface area contributed by atoms with Crippen LogP contribution < -0.4 is 0 Å². The number of benzene rings is 1. The maximum Gasteiger partial charge on any atom is 0.191 e. The molecule has 0 fully saturated rings. The normalized spacial score (nSPS) is 12.0. The van der Waals surface area contributed by atoms with Gasteiger partial charge in [0.25, 0.3) is 0 Å². The van der Waals surface area contributed by atoms with Gasteiger partial charge in [-0.05, 0) is 59.1 Å². The van der Waals surface area contributed by atoms with Gasteiger partial charge in [-0.2, -0.15) is 0 Å². The van der Waals surface area contributed by atoms with Gasteiger partial charge in [-0.15, -0.1) is 22.7 Å². The van der Waals surface area contributed by atoms with Crippen molar-refractivity contribution < 1.29 is 18.7 Å². The first-order valence-corrected chi connectivity index (χ1v) is 12.2. The zero-order valence-corrected chi connectivity index (χ0v) is 19.5. The molecule has 0 saturated carbocycles. The van der Waals surface area contributed by atoms with Gasteiger partial charge in [0.05, 0.1) is 6.54 Å². The number of methoxy groups -OCH3 is 1. The molecule has 4 nitrogen and oxygen atoms in total. The minimum atomic E-state index is -1.32. The molecule has 0 aliphatic carbocycles. The average molecular weight is 472 g/mol. The number of aliphatic hydroxyl groups is 1. The quantitative estimate of drug-likeness (QED) is 0.278. The molecule has 0 aliphatic heterocycles. The second-order valence-corrected chi connectivity index (χ2v) is 9.51. The van der Waals surface area contributed by atoms with Gasteiger partial charge in [-0.25, -0.2) is 4.39 Å². The van der Waals surface area contributed by atoms with Crippen LogP contribution in [0.25, 0.3) is 0 Å². The van der Waals surface area contributed by atoms with E-state index in [0.717, 1.165) is 34.0 Å². The highest BCUT2D eigenvalue weighted by molar-refractivity contribution is 7.11. The summed E-state index contributed by atoms with van der Waals surface area (Å²) in [7, 11) is 1.69. The van der Waals surface area contributed by atoms with Crippen molar-refractivity contribution in [2.45, 2.75) is 25.1 Å². The Hall–Kier alpha value is -2.29. The van der Waals surface area contributed by atoms with Crippen molar-refractivity contribution in [1.82, 2.24) is 4.90 Å². The highest BCUT2D eigenvalue weighted by atomic mass is 32.1. The van der Waals surface area contributed by atoms with Crippen LogP contribution in [0.4, 0.5) is 4.39 Å². The molecule has 168 valence electrons. The van der Waals surface area contributed by atoms with Gasteiger partial charge in [0.1, 0.15) is 17.3 Å². The molecule has 3 heterocycles. The minimum absolute atomic E-state index is 0.239. The third-order valence-electron chi connectivity index (χ3n) is 5.27. The number of hydrogen-bond donors (Lipinski definition) is 1. The fourth-order valence-electron chi connectivity index (χ4n) is 3.75. The van der Waals surface area contributed by atoms with Crippen LogP contribution in [0.5, 0.6) is 0 Å². The van der Waals surface area contributed by atoms with E-state index in [0.29, 0.717) is 25.5 Å². The summed E-state index contributed by atoms with van der Waals surface area (Å²) in [6.45, 7) is 2.57. The van der Waals surface area contributed by atoms with Gasteiger partial charge in [-0.1, -0.05) is 24.3 Å². The van der Waals surface area contributed by atoms with E-state index in [9.17, 15) is 9.50 Å². The summed E-state index contributed by atoms with van der Waals surface area (Å²) in [4.78, 5) is 3.83. The first-order chi connectivity index (χ1) is 15.6. The number of ether oxygens (including phenoxy) is 1. The van der Waals surface area contributed by atoms with E-state index in [-0.39, 0.29) is 5.82 Å². The molecule has 0 unspecified atom stereocenters. The SMILES string of the molecule is COCCCN(Cc1cccc(F)c1)Cc1ccc(C(O)(c2cccs2)c2cccs2)o1. The number of hydrogen-bond acceptors (Lipinski definition) is 6. The number of nitrogens with zero attached hydrogens (tertiary/aromatic N) is 1. The maximum absolute atomic E-state index is 13.7. The van der Waals surface area contributed by atoms with Crippen LogP contribution in [-0.2, 0) is 23.4 Å². The Morgan fingerprint density at radius 1 is 1.00 bits per heavy atom. The smallest absolute Gasteiger partial charge is 0.191 e. The van der Waals surface area contributed by atoms with Crippen LogP contribution in [0, 0.1) is 5.82 Å². The van der Waals surface area contributed by atoms with Crippen molar-refractivity contribution >= 4 is 22.7 Å². The zero-order valence-electron chi connectivity index (χ0n) is 17.9. The summed E-state index contributed by atoms with van der Waals surface area (Å²) in [6, 6.07) is 18.1. The second kappa shape index (κ2) is 10.6. The van der Waals surface area contributed by atoms with E-state index in [1.54, 1.807) is 19.2 Å². The summed E-state index contributed by atoms with van der Waals surface area (Å²) < 4.78 is 25.1. The first kappa shape index (κ1) is 22.9. The topological polar surface area (TPSA) is 45.8 Å². The molecule has 0 atom stereocenters. The van der Waals surface area contributed by atoms with Crippen molar-refractivity contribution in [3.8, 4) is 0 Å². The van der Waals surface area contributed by atoms with Crippen LogP contribution in [0.15, 0.2) is 75.8 Å². The molecular weight excluding hydrogens is 445 g/mol. The van der Waals surface area contributed by atoms with Gasteiger partial charge < -0.3 is 14.3 Å². The lowest BCUT2D eigenvalue weighted by Crippen LogP contribution is -2.26. The lowest BCUT2D eigenvalue weighted by molar-refractivity contribution is 0.102. The summed E-state index contributed by atoms with van der Waals surface area (Å²) in [6.07, 6.45) is 0.855. The molecule has 0 amide bonds. The molecule has 4 aromatic rings. The predicted molar refractivity (Wildman–Crippen MR) is 126 cm³/mol. The van der Waals surface area contributed by atoms with E-state index in [4.69, 9.17) is 9.15 Å². The third-order valence-corrected chi connectivity index (χ3v) is 7.23. The largest absolute Gasteiger partial charge is 0.461 e. The Balaban J connectivity index is 1.57. The van der Waals surface area contributed by atoms with Crippen molar-refractivity contribution in [2.75, 3.05) is 20.3 Å². The van der Waals surface area contributed by atoms with Gasteiger partial charge in [-0.3, -0.25) is 4.90 Å². The van der Waals surface area contributed by atoms with E-state index in [1.165, 1.54) is 28.7 Å². The number of halogens is 1. The van der Waals surface area contributed by atoms with Crippen LogP contribution in [0.2, 0.25) is 0 Å². The fourth-order valence-corrected chi connectivity index (χ4v) is 5.50. The molecule has 0 aliphatic rings. The molecule has 0 radical (unpaired) electrons. The fraction of sp³-hybridized carbons (Fsp3) is 0.280. The summed E-state index contributed by atoms with van der Waals surface area (Å²) in [5.74, 6) is 1.01. The standard InChI is InChI=1S/C25H26FNO3S2/c1-29-13-5-12-27(17-19-6-2-7-20(26)16-19)18-21-10-11-22(30-21)25(28,23-8-3-14-31-23)24-9-4-15-32-24/h2-4,6-11,14-16,28H,5,12-13,17-18H2,1H3. The Kier molecular flexibility index (Phi) is 7.55. The van der Waals surface area contributed by atoms with Crippen molar-refractivity contribution in [2.24, 2.45) is 0 Å². The van der Waals surface area contributed by atoms with Gasteiger partial charge in [0.2, 0.25) is 0 Å². The zero-order chi connectivity index (χ0) is 22.4. The summed E-state index contributed by atoms with van der Waals surface area (Å²) >= 11 is 3.00. The van der Waals surface area contributed by atoms with Gasteiger partial charge in [0, 0.05) is 36.6 Å². The van der Waals surface area contributed by atoms with Crippen LogP contribution in [-0.4, -0.2) is 30.3 Å². The highest BCUT2D eigenvalue weighted by Crippen LogP contribution is 2.41. The Morgan fingerprint density at radius 3 is 2.38 bits per heavy atom. The number of furan rings is 1. The lowest BCUT2D eigenvalue weighted by Gasteiger charge is -2.24. The molecule has 0 saturated heterocycles. The Labute approximate surface area is 195 Å². The third kappa shape index (κ3) is 5.19. The minimum Gasteiger partial charge on any atom is -0.461 e. The van der Waals surface area contributed by atoms with E-state index >= 15 is 0 Å². The Bertz CT molecular complexity index is 1060. The van der Waals surface area contributed by atoms with Crippen LogP contribution in [0.1, 0.15) is 33.3 Å². The average Bonchev–Trinajstić information content (AvgIpc) is 3.56. The molecule has 0 spiro atoms. The first-order valence-electron chi connectivity index (χ1n) is 10.4. The highest BCUT2D eigenvalue weighted by Gasteiger charge is 2.39. The van der Waals surface area contributed by atoms with E-state index in [2.05, 4.69) is 4.90 Å². The van der Waals surface area contributed by atoms with Crippen molar-refractivity contribution in [3.63, 3.8) is 0 Å². The molecular formula is C25H26FNO3S2. The van der Waals surface area contributed by atoms with Crippen LogP contribution >= 0.6 is 22.7 Å². The van der Waals surface area contributed by atoms with Gasteiger partial charge in [0.15, 0.2) is 5.60 Å². The summed E-state index contributed by atoms with van der Waals surface area (Å²) in [5.41, 5.74) is -0.410. The lowest BCUT2D eigenvalue weighted by atomic mass is 9.97.